The molecule has 0 amide bonds. The molecule has 3 rings (SSSR count). The molecule has 0 bridgehead atoms. The zero-order valence-electron chi connectivity index (χ0n) is 16.0. The second-order valence-electron chi connectivity index (χ2n) is 7.07. The number of guanidine groups is 1. The Balaban J connectivity index is 0.00000243. The van der Waals surface area contributed by atoms with Crippen molar-refractivity contribution in [2.24, 2.45) is 4.99 Å². The molecular weight excluding hydrogens is 439 g/mol. The highest BCUT2D eigenvalue weighted by Gasteiger charge is 2.20. The molecule has 0 spiro atoms. The van der Waals surface area contributed by atoms with E-state index in [0.717, 1.165) is 58.1 Å². The Labute approximate surface area is 175 Å². The van der Waals surface area contributed by atoms with Crippen LogP contribution in [0.1, 0.15) is 37.8 Å². The molecule has 2 atom stereocenters. The molecule has 1 aromatic carbocycles. The van der Waals surface area contributed by atoms with Gasteiger partial charge in [0.05, 0.1) is 12.6 Å². The highest BCUT2D eigenvalue weighted by atomic mass is 127. The SMILES string of the molecule is CCNC(=NCC(C)N1CCc2ccccc2C1)NCC1CCCO1.I. The van der Waals surface area contributed by atoms with Crippen LogP contribution in [0.4, 0.5) is 0 Å². The van der Waals surface area contributed by atoms with Gasteiger partial charge in [0.25, 0.3) is 0 Å². The van der Waals surface area contributed by atoms with Crippen LogP contribution in [-0.4, -0.2) is 55.8 Å². The van der Waals surface area contributed by atoms with E-state index in [-0.39, 0.29) is 24.0 Å². The number of benzene rings is 1. The number of hydrogen-bond donors (Lipinski definition) is 2. The molecule has 1 saturated heterocycles. The van der Waals surface area contributed by atoms with Crippen LogP contribution in [0.5, 0.6) is 0 Å². The maximum atomic E-state index is 5.68. The summed E-state index contributed by atoms with van der Waals surface area (Å²) in [7, 11) is 0. The minimum Gasteiger partial charge on any atom is -0.376 e. The zero-order chi connectivity index (χ0) is 17.5. The van der Waals surface area contributed by atoms with E-state index in [2.05, 4.69) is 53.6 Å². The van der Waals surface area contributed by atoms with Gasteiger partial charge in [-0.2, -0.15) is 0 Å². The van der Waals surface area contributed by atoms with Crippen molar-refractivity contribution in [2.45, 2.75) is 51.8 Å². The number of hydrogen-bond acceptors (Lipinski definition) is 3. The van der Waals surface area contributed by atoms with Crippen molar-refractivity contribution in [3.8, 4) is 0 Å². The summed E-state index contributed by atoms with van der Waals surface area (Å²) in [5, 5.41) is 6.78. The predicted octanol–water partition coefficient (Wildman–Crippen LogP) is 2.79. The largest absolute Gasteiger partial charge is 0.376 e. The molecule has 2 unspecified atom stereocenters. The van der Waals surface area contributed by atoms with Gasteiger partial charge in [0.15, 0.2) is 5.96 Å². The highest BCUT2D eigenvalue weighted by molar-refractivity contribution is 14.0. The number of aliphatic imine (C=N–C) groups is 1. The first kappa shape index (κ1) is 21.4. The number of ether oxygens (including phenoxy) is 1. The van der Waals surface area contributed by atoms with Crippen LogP contribution in [0, 0.1) is 0 Å². The van der Waals surface area contributed by atoms with E-state index in [1.165, 1.54) is 17.5 Å². The molecule has 0 aliphatic carbocycles. The second kappa shape index (κ2) is 11.1. The molecule has 1 fully saturated rings. The number of nitrogens with one attached hydrogen (secondary N) is 2. The first-order valence-corrected chi connectivity index (χ1v) is 9.71. The topological polar surface area (TPSA) is 48.9 Å². The Morgan fingerprint density at radius 1 is 1.31 bits per heavy atom. The van der Waals surface area contributed by atoms with E-state index in [0.29, 0.717) is 12.1 Å². The number of rotatable bonds is 6. The van der Waals surface area contributed by atoms with E-state index >= 15 is 0 Å². The van der Waals surface area contributed by atoms with Gasteiger partial charge in [-0.25, -0.2) is 0 Å². The Morgan fingerprint density at radius 3 is 2.85 bits per heavy atom. The van der Waals surface area contributed by atoms with Crippen LogP contribution < -0.4 is 10.6 Å². The van der Waals surface area contributed by atoms with Crippen LogP contribution in [0.2, 0.25) is 0 Å². The highest BCUT2D eigenvalue weighted by Crippen LogP contribution is 2.20. The van der Waals surface area contributed by atoms with Gasteiger partial charge in [-0.3, -0.25) is 9.89 Å². The minimum absolute atomic E-state index is 0. The van der Waals surface area contributed by atoms with Gasteiger partial charge in [-0.05, 0) is 44.2 Å². The van der Waals surface area contributed by atoms with Crippen molar-refractivity contribution < 1.29 is 4.74 Å². The van der Waals surface area contributed by atoms with E-state index in [4.69, 9.17) is 9.73 Å². The molecule has 1 aromatic rings. The molecule has 0 saturated carbocycles. The lowest BCUT2D eigenvalue weighted by Crippen LogP contribution is -2.43. The Bertz CT molecular complexity index is 575. The monoisotopic (exact) mass is 472 g/mol. The van der Waals surface area contributed by atoms with Crippen LogP contribution in [-0.2, 0) is 17.7 Å². The molecule has 2 heterocycles. The first-order chi connectivity index (χ1) is 12.3. The predicted molar refractivity (Wildman–Crippen MR) is 118 cm³/mol. The lowest BCUT2D eigenvalue weighted by molar-refractivity contribution is 0.113. The van der Waals surface area contributed by atoms with Crippen LogP contribution in [0.3, 0.4) is 0 Å². The molecule has 26 heavy (non-hydrogen) atoms. The van der Waals surface area contributed by atoms with Crippen molar-refractivity contribution in [1.82, 2.24) is 15.5 Å². The standard InChI is InChI=1S/C20H32N4O.HI/c1-3-21-20(23-14-19-9-6-12-25-19)22-13-16(2)24-11-10-17-7-4-5-8-18(17)15-24;/h4-5,7-8,16,19H,3,6,9-15H2,1-2H3,(H2,21,22,23);1H. The fourth-order valence-corrected chi connectivity index (χ4v) is 3.59. The summed E-state index contributed by atoms with van der Waals surface area (Å²) in [5.74, 6) is 0.905. The van der Waals surface area contributed by atoms with Crippen LogP contribution in [0.15, 0.2) is 29.3 Å². The van der Waals surface area contributed by atoms with Crippen molar-refractivity contribution in [2.75, 3.05) is 32.8 Å². The third kappa shape index (κ3) is 6.09. The molecule has 0 radical (unpaired) electrons. The Kier molecular flexibility index (Phi) is 9.15. The third-order valence-electron chi connectivity index (χ3n) is 5.16. The lowest BCUT2D eigenvalue weighted by Gasteiger charge is -2.33. The van der Waals surface area contributed by atoms with Crippen LogP contribution >= 0.6 is 24.0 Å². The molecule has 0 aromatic heterocycles. The molecule has 6 heteroatoms. The molecule has 146 valence electrons. The van der Waals surface area contributed by atoms with Crippen LogP contribution in [0.25, 0.3) is 0 Å². The van der Waals surface area contributed by atoms with Gasteiger partial charge >= 0.3 is 0 Å². The third-order valence-corrected chi connectivity index (χ3v) is 5.16. The summed E-state index contributed by atoms with van der Waals surface area (Å²) < 4.78 is 5.68. The minimum atomic E-state index is 0. The average molecular weight is 472 g/mol. The van der Waals surface area contributed by atoms with Gasteiger partial charge in [0, 0.05) is 38.8 Å². The fourth-order valence-electron chi connectivity index (χ4n) is 3.59. The smallest absolute Gasteiger partial charge is 0.191 e. The summed E-state index contributed by atoms with van der Waals surface area (Å²) in [6.45, 7) is 9.96. The molecule has 2 aliphatic rings. The molecule has 5 nitrogen and oxygen atoms in total. The van der Waals surface area contributed by atoms with E-state index < -0.39 is 0 Å². The summed E-state index contributed by atoms with van der Waals surface area (Å²) >= 11 is 0. The van der Waals surface area contributed by atoms with Crippen molar-refractivity contribution >= 4 is 29.9 Å². The van der Waals surface area contributed by atoms with E-state index in [9.17, 15) is 0 Å². The summed E-state index contributed by atoms with van der Waals surface area (Å²) in [6.07, 6.45) is 3.80. The Morgan fingerprint density at radius 2 is 2.12 bits per heavy atom. The lowest BCUT2D eigenvalue weighted by atomic mass is 9.99. The van der Waals surface area contributed by atoms with Gasteiger partial charge in [-0.15, -0.1) is 24.0 Å². The average Bonchev–Trinajstić information content (AvgIpc) is 3.17. The van der Waals surface area contributed by atoms with Gasteiger partial charge in [0.1, 0.15) is 0 Å². The fraction of sp³-hybridized carbons (Fsp3) is 0.650. The quantitative estimate of drug-likeness (QED) is 0.380. The van der Waals surface area contributed by atoms with Crippen molar-refractivity contribution in [3.05, 3.63) is 35.4 Å². The maximum Gasteiger partial charge on any atom is 0.191 e. The second-order valence-corrected chi connectivity index (χ2v) is 7.07. The zero-order valence-corrected chi connectivity index (χ0v) is 18.4. The molecule has 2 aliphatic heterocycles. The summed E-state index contributed by atoms with van der Waals surface area (Å²) in [4.78, 5) is 7.34. The van der Waals surface area contributed by atoms with E-state index in [1.807, 2.05) is 0 Å². The van der Waals surface area contributed by atoms with Gasteiger partial charge in [-0.1, -0.05) is 24.3 Å². The molecule has 2 N–H and O–H groups in total. The molecular formula is C20H33IN4O. The van der Waals surface area contributed by atoms with Gasteiger partial charge < -0.3 is 15.4 Å². The summed E-state index contributed by atoms with van der Waals surface area (Å²) in [6, 6.07) is 9.23. The van der Waals surface area contributed by atoms with Crippen molar-refractivity contribution in [1.29, 1.82) is 0 Å². The Hall–Kier alpha value is -0.860. The van der Waals surface area contributed by atoms with Gasteiger partial charge in [0.2, 0.25) is 0 Å². The number of nitrogens with zero attached hydrogens (tertiary/aromatic N) is 2. The normalized spacial score (nSPS) is 21.6. The first-order valence-electron chi connectivity index (χ1n) is 9.71. The number of fused-ring (bicyclic) bond motifs is 1. The van der Waals surface area contributed by atoms with Crippen molar-refractivity contribution in [3.63, 3.8) is 0 Å². The summed E-state index contributed by atoms with van der Waals surface area (Å²) in [5.41, 5.74) is 2.97. The van der Waals surface area contributed by atoms with E-state index in [1.54, 1.807) is 0 Å². The maximum absolute atomic E-state index is 5.68. The number of halogens is 1.